The lowest BCUT2D eigenvalue weighted by atomic mass is 10.0. The minimum absolute atomic E-state index is 0.117. The van der Waals surface area contributed by atoms with Gasteiger partial charge in [-0.05, 0) is 57.7 Å². The number of nitrogens with one attached hydrogen (secondary N) is 1. The Labute approximate surface area is 149 Å². The van der Waals surface area contributed by atoms with Crippen LogP contribution in [-0.4, -0.2) is 15.9 Å². The monoisotopic (exact) mass is 381 g/mol. The van der Waals surface area contributed by atoms with E-state index in [2.05, 4.69) is 37.3 Å². The predicted molar refractivity (Wildman–Crippen MR) is 97.5 cm³/mol. The van der Waals surface area contributed by atoms with Crippen LogP contribution in [0, 0.1) is 0 Å². The zero-order valence-corrected chi connectivity index (χ0v) is 14.7. The Bertz CT molecular complexity index is 852. The molecular formula is C19H16BrN3O. The number of carbonyl (C=O) groups excluding carboxylic acids is 1. The number of aromatic nitrogens is 2. The molecule has 0 spiro atoms. The molecule has 1 atom stereocenters. The van der Waals surface area contributed by atoms with E-state index in [1.165, 1.54) is 0 Å². The van der Waals surface area contributed by atoms with Crippen molar-refractivity contribution in [2.45, 2.75) is 13.0 Å². The summed E-state index contributed by atoms with van der Waals surface area (Å²) < 4.78 is 0.779. The van der Waals surface area contributed by atoms with Crippen molar-refractivity contribution < 1.29 is 4.79 Å². The summed E-state index contributed by atoms with van der Waals surface area (Å²) >= 11 is 3.33. The normalized spacial score (nSPS) is 11.8. The summed E-state index contributed by atoms with van der Waals surface area (Å²) in [7, 11) is 0. The highest BCUT2D eigenvalue weighted by Crippen LogP contribution is 2.22. The van der Waals surface area contributed by atoms with Gasteiger partial charge >= 0.3 is 0 Å². The molecule has 1 aromatic carbocycles. The van der Waals surface area contributed by atoms with Crippen molar-refractivity contribution in [2.75, 3.05) is 0 Å². The van der Waals surface area contributed by atoms with Crippen LogP contribution in [0.4, 0.5) is 0 Å². The fourth-order valence-electron chi connectivity index (χ4n) is 2.42. The maximum Gasteiger partial charge on any atom is 0.253 e. The summed E-state index contributed by atoms with van der Waals surface area (Å²) in [4.78, 5) is 20.5. The van der Waals surface area contributed by atoms with Crippen LogP contribution in [0.3, 0.4) is 0 Å². The first-order valence-electron chi connectivity index (χ1n) is 7.55. The number of nitrogens with zero attached hydrogens (tertiary/aromatic N) is 2. The van der Waals surface area contributed by atoms with E-state index in [1.807, 2.05) is 43.5 Å². The van der Waals surface area contributed by atoms with Crippen LogP contribution >= 0.6 is 15.9 Å². The van der Waals surface area contributed by atoms with Crippen LogP contribution < -0.4 is 5.32 Å². The number of amides is 1. The van der Waals surface area contributed by atoms with Crippen molar-refractivity contribution in [2.24, 2.45) is 0 Å². The number of pyridine rings is 2. The third kappa shape index (κ3) is 3.86. The first-order valence-corrected chi connectivity index (χ1v) is 8.34. The number of benzene rings is 1. The third-order valence-electron chi connectivity index (χ3n) is 3.70. The number of halogens is 1. The van der Waals surface area contributed by atoms with Crippen molar-refractivity contribution in [3.63, 3.8) is 0 Å². The Hall–Kier alpha value is -2.53. The molecule has 0 radical (unpaired) electrons. The summed E-state index contributed by atoms with van der Waals surface area (Å²) in [6.45, 7) is 1.96. The molecule has 2 heterocycles. The van der Waals surface area contributed by atoms with E-state index in [1.54, 1.807) is 24.7 Å². The van der Waals surface area contributed by atoms with Gasteiger partial charge in [-0.1, -0.05) is 24.3 Å². The lowest BCUT2D eigenvalue weighted by Gasteiger charge is -2.15. The second kappa shape index (κ2) is 7.36. The van der Waals surface area contributed by atoms with E-state index in [0.29, 0.717) is 5.56 Å². The van der Waals surface area contributed by atoms with Gasteiger partial charge in [-0.2, -0.15) is 0 Å². The predicted octanol–water partition coefficient (Wildman–Crippen LogP) is 4.40. The summed E-state index contributed by atoms with van der Waals surface area (Å²) in [5.41, 5.74) is 3.69. The molecule has 0 bridgehead atoms. The molecular weight excluding hydrogens is 366 g/mol. The van der Waals surface area contributed by atoms with Crippen LogP contribution in [0.2, 0.25) is 0 Å². The summed E-state index contributed by atoms with van der Waals surface area (Å²) in [5.74, 6) is -0.150. The molecule has 3 rings (SSSR count). The number of rotatable bonds is 4. The first kappa shape index (κ1) is 16.3. The van der Waals surface area contributed by atoms with Crippen molar-refractivity contribution in [3.8, 4) is 11.1 Å². The highest BCUT2D eigenvalue weighted by molar-refractivity contribution is 9.10. The van der Waals surface area contributed by atoms with Crippen LogP contribution in [0.25, 0.3) is 11.1 Å². The average Bonchev–Trinajstić information content (AvgIpc) is 2.62. The smallest absolute Gasteiger partial charge is 0.253 e. The van der Waals surface area contributed by atoms with E-state index >= 15 is 0 Å². The summed E-state index contributed by atoms with van der Waals surface area (Å²) in [6.07, 6.45) is 6.79. The summed E-state index contributed by atoms with van der Waals surface area (Å²) in [6, 6.07) is 13.7. The van der Waals surface area contributed by atoms with Crippen LogP contribution in [0.5, 0.6) is 0 Å². The Morgan fingerprint density at radius 1 is 1.04 bits per heavy atom. The van der Waals surface area contributed by atoms with Crippen molar-refractivity contribution in [1.29, 1.82) is 0 Å². The van der Waals surface area contributed by atoms with Gasteiger partial charge in [-0.15, -0.1) is 0 Å². The number of hydrogen-bond acceptors (Lipinski definition) is 3. The molecule has 0 saturated heterocycles. The quantitative estimate of drug-likeness (QED) is 0.728. The van der Waals surface area contributed by atoms with Crippen molar-refractivity contribution in [3.05, 3.63) is 82.9 Å². The Kier molecular flexibility index (Phi) is 5.01. The third-order valence-corrected chi connectivity index (χ3v) is 4.13. The van der Waals surface area contributed by atoms with Crippen LogP contribution in [-0.2, 0) is 0 Å². The molecule has 24 heavy (non-hydrogen) atoms. The molecule has 0 unspecified atom stereocenters. The topological polar surface area (TPSA) is 54.9 Å². The zero-order valence-electron chi connectivity index (χ0n) is 13.1. The Morgan fingerprint density at radius 3 is 2.62 bits per heavy atom. The second-order valence-electron chi connectivity index (χ2n) is 5.45. The average molecular weight is 382 g/mol. The molecule has 0 aliphatic carbocycles. The maximum atomic E-state index is 12.4. The van der Waals surface area contributed by atoms with E-state index in [9.17, 15) is 4.79 Å². The van der Waals surface area contributed by atoms with E-state index in [0.717, 1.165) is 21.2 Å². The SMILES string of the molecule is C[C@H](NC(=O)c1cncc(Br)c1)c1cccc(-c2cccnc2)c1. The molecule has 0 fully saturated rings. The van der Waals surface area contributed by atoms with Crippen molar-refractivity contribution in [1.82, 2.24) is 15.3 Å². The lowest BCUT2D eigenvalue weighted by molar-refractivity contribution is 0.0939. The molecule has 1 N–H and O–H groups in total. The molecule has 5 heteroatoms. The van der Waals surface area contributed by atoms with Gasteiger partial charge in [0.1, 0.15) is 0 Å². The zero-order chi connectivity index (χ0) is 16.9. The van der Waals surface area contributed by atoms with Crippen molar-refractivity contribution >= 4 is 21.8 Å². The van der Waals surface area contributed by atoms with Gasteiger partial charge in [-0.25, -0.2) is 0 Å². The molecule has 0 saturated carbocycles. The van der Waals surface area contributed by atoms with Crippen LogP contribution in [0.15, 0.2) is 71.7 Å². The molecule has 2 aromatic heterocycles. The van der Waals surface area contributed by atoms with Gasteiger partial charge in [-0.3, -0.25) is 14.8 Å². The highest BCUT2D eigenvalue weighted by Gasteiger charge is 2.12. The Balaban J connectivity index is 1.78. The van der Waals surface area contributed by atoms with Gasteiger partial charge in [0, 0.05) is 29.3 Å². The van der Waals surface area contributed by atoms with Gasteiger partial charge < -0.3 is 5.32 Å². The minimum Gasteiger partial charge on any atom is -0.345 e. The van der Waals surface area contributed by atoms with Gasteiger partial charge in [0.25, 0.3) is 5.91 Å². The molecule has 0 aliphatic rings. The van der Waals surface area contributed by atoms with E-state index in [-0.39, 0.29) is 11.9 Å². The van der Waals surface area contributed by atoms with Gasteiger partial charge in [0.15, 0.2) is 0 Å². The molecule has 3 aromatic rings. The summed E-state index contributed by atoms with van der Waals surface area (Å²) in [5, 5.41) is 3.00. The minimum atomic E-state index is -0.150. The first-order chi connectivity index (χ1) is 11.6. The van der Waals surface area contributed by atoms with Crippen LogP contribution in [0.1, 0.15) is 28.9 Å². The fourth-order valence-corrected chi connectivity index (χ4v) is 2.79. The number of carbonyl (C=O) groups is 1. The Morgan fingerprint density at radius 2 is 1.88 bits per heavy atom. The van der Waals surface area contributed by atoms with E-state index < -0.39 is 0 Å². The fraction of sp³-hybridized carbons (Fsp3) is 0.105. The molecule has 0 aliphatic heterocycles. The van der Waals surface area contributed by atoms with Gasteiger partial charge in [0.2, 0.25) is 0 Å². The van der Waals surface area contributed by atoms with Gasteiger partial charge in [0.05, 0.1) is 11.6 Å². The molecule has 1 amide bonds. The molecule has 4 nitrogen and oxygen atoms in total. The highest BCUT2D eigenvalue weighted by atomic mass is 79.9. The lowest BCUT2D eigenvalue weighted by Crippen LogP contribution is -2.26. The second-order valence-corrected chi connectivity index (χ2v) is 6.37. The number of hydrogen-bond donors (Lipinski definition) is 1. The van der Waals surface area contributed by atoms with E-state index in [4.69, 9.17) is 0 Å². The largest absolute Gasteiger partial charge is 0.345 e. The molecule has 120 valence electrons. The standard InChI is InChI=1S/C19H16BrN3O/c1-13(23-19(24)17-9-18(20)12-22-11-17)14-4-2-5-15(8-14)16-6-3-7-21-10-16/h2-13H,1H3,(H,23,24)/t13-/m0/s1. The maximum absolute atomic E-state index is 12.4.